The second-order valence-electron chi connectivity index (χ2n) is 5.60. The Hall–Kier alpha value is -2.67. The summed E-state index contributed by atoms with van der Waals surface area (Å²) in [6.07, 6.45) is 0. The number of carbonyl (C=O) groups excluding carboxylic acids is 2. The van der Waals surface area contributed by atoms with Crippen molar-refractivity contribution in [3.05, 3.63) is 42.5 Å². The van der Waals surface area contributed by atoms with Crippen LogP contribution in [0, 0.1) is 0 Å². The molecule has 0 spiro atoms. The van der Waals surface area contributed by atoms with Gasteiger partial charge in [0.2, 0.25) is 18.6 Å². The minimum absolute atomic E-state index is 0.177. The van der Waals surface area contributed by atoms with Crippen molar-refractivity contribution in [2.45, 2.75) is 17.1 Å². The van der Waals surface area contributed by atoms with E-state index in [1.165, 1.54) is 11.8 Å². The first kappa shape index (κ1) is 15.8. The molecule has 0 saturated heterocycles. The van der Waals surface area contributed by atoms with Crippen molar-refractivity contribution in [1.82, 2.24) is 0 Å². The molecule has 0 bridgehead atoms. The van der Waals surface area contributed by atoms with Crippen LogP contribution in [0.1, 0.15) is 6.92 Å². The van der Waals surface area contributed by atoms with Crippen LogP contribution >= 0.6 is 11.8 Å². The molecule has 1 atom stereocenters. The average molecular weight is 356 g/mol. The van der Waals surface area contributed by atoms with E-state index in [0.717, 1.165) is 10.6 Å². The van der Waals surface area contributed by atoms with E-state index in [1.54, 1.807) is 23.1 Å². The van der Waals surface area contributed by atoms with Gasteiger partial charge in [0.05, 0.1) is 5.69 Å². The zero-order valence-electron chi connectivity index (χ0n) is 13.5. The summed E-state index contributed by atoms with van der Waals surface area (Å²) in [5.41, 5.74) is 1.43. The van der Waals surface area contributed by atoms with Crippen molar-refractivity contribution in [2.24, 2.45) is 0 Å². The largest absolute Gasteiger partial charge is 0.454 e. The van der Waals surface area contributed by atoms with E-state index in [9.17, 15) is 9.59 Å². The minimum atomic E-state index is -0.819. The van der Waals surface area contributed by atoms with Gasteiger partial charge in [0, 0.05) is 23.2 Å². The lowest BCUT2D eigenvalue weighted by molar-refractivity contribution is -0.124. The number of thioether (sulfide) groups is 1. The van der Waals surface area contributed by atoms with Crippen molar-refractivity contribution >= 4 is 35.0 Å². The zero-order valence-corrected chi connectivity index (χ0v) is 14.3. The van der Waals surface area contributed by atoms with Gasteiger partial charge in [-0.1, -0.05) is 12.1 Å². The Kier molecular flexibility index (Phi) is 4.01. The van der Waals surface area contributed by atoms with Gasteiger partial charge in [-0.15, -0.1) is 11.8 Å². The van der Waals surface area contributed by atoms with Crippen molar-refractivity contribution in [2.75, 3.05) is 23.6 Å². The molecular formula is C18H16N2O4S. The van der Waals surface area contributed by atoms with E-state index in [-0.39, 0.29) is 18.6 Å². The molecule has 2 aromatic carbocycles. The van der Waals surface area contributed by atoms with Gasteiger partial charge >= 0.3 is 0 Å². The van der Waals surface area contributed by atoms with Gasteiger partial charge in [-0.25, -0.2) is 0 Å². The lowest BCUT2D eigenvalue weighted by Crippen LogP contribution is -2.45. The normalized spacial score (nSPS) is 17.6. The number of rotatable bonds is 3. The second kappa shape index (κ2) is 6.33. The van der Waals surface area contributed by atoms with Crippen LogP contribution < -0.4 is 19.7 Å². The summed E-state index contributed by atoms with van der Waals surface area (Å²) >= 11 is 1.28. The predicted octanol–water partition coefficient (Wildman–Crippen LogP) is 2.88. The molecule has 1 unspecified atom stereocenters. The monoisotopic (exact) mass is 356 g/mol. The van der Waals surface area contributed by atoms with E-state index in [0.29, 0.717) is 23.7 Å². The molecule has 2 aliphatic rings. The summed E-state index contributed by atoms with van der Waals surface area (Å²) in [4.78, 5) is 27.9. The average Bonchev–Trinajstić information content (AvgIpc) is 3.09. The standard InChI is InChI=1S/C18H16N2O4S/c1-2-20(11-7-8-13-14(9-11)24-10-23-13)18(22)16-17(21)19-12-5-3-4-6-15(12)25-16/h3-9,16H,2,10H2,1H3,(H,19,21). The zero-order chi connectivity index (χ0) is 17.4. The van der Waals surface area contributed by atoms with Gasteiger partial charge in [-0.2, -0.15) is 0 Å². The number of carbonyl (C=O) groups is 2. The summed E-state index contributed by atoms with van der Waals surface area (Å²) in [6, 6.07) is 12.8. The van der Waals surface area contributed by atoms with Gasteiger partial charge < -0.3 is 19.7 Å². The number of hydrogen-bond acceptors (Lipinski definition) is 5. The van der Waals surface area contributed by atoms with Crippen LogP contribution in [-0.4, -0.2) is 30.4 Å². The molecule has 0 fully saturated rings. The number of hydrogen-bond donors (Lipinski definition) is 1. The fourth-order valence-corrected chi connectivity index (χ4v) is 3.93. The van der Waals surface area contributed by atoms with Gasteiger partial charge in [0.25, 0.3) is 0 Å². The molecule has 2 heterocycles. The van der Waals surface area contributed by atoms with Crippen molar-refractivity contribution in [3.63, 3.8) is 0 Å². The van der Waals surface area contributed by atoms with Crippen LogP contribution in [0.25, 0.3) is 0 Å². The number of amides is 2. The highest BCUT2D eigenvalue weighted by Gasteiger charge is 2.36. The van der Waals surface area contributed by atoms with Crippen LogP contribution in [0.15, 0.2) is 47.4 Å². The molecule has 25 heavy (non-hydrogen) atoms. The van der Waals surface area contributed by atoms with Crippen LogP contribution in [0.3, 0.4) is 0 Å². The summed E-state index contributed by atoms with van der Waals surface area (Å²) in [5.74, 6) is 0.715. The Morgan fingerprint density at radius 1 is 1.24 bits per heavy atom. The molecular weight excluding hydrogens is 340 g/mol. The Morgan fingerprint density at radius 2 is 2.04 bits per heavy atom. The maximum atomic E-state index is 13.0. The van der Waals surface area contributed by atoms with Crippen LogP contribution in [0.4, 0.5) is 11.4 Å². The molecule has 128 valence electrons. The van der Waals surface area contributed by atoms with Crippen LogP contribution in [0.2, 0.25) is 0 Å². The molecule has 1 N–H and O–H groups in total. The fraction of sp³-hybridized carbons (Fsp3) is 0.222. The highest BCUT2D eigenvalue weighted by molar-refractivity contribution is 8.01. The van der Waals surface area contributed by atoms with Crippen LogP contribution in [0.5, 0.6) is 11.5 Å². The quantitative estimate of drug-likeness (QED) is 0.857. The molecule has 6 nitrogen and oxygen atoms in total. The van der Waals surface area contributed by atoms with Gasteiger partial charge in [-0.05, 0) is 31.2 Å². The van der Waals surface area contributed by atoms with E-state index in [2.05, 4.69) is 5.32 Å². The molecule has 2 aliphatic heterocycles. The maximum absolute atomic E-state index is 13.0. The number of nitrogens with zero attached hydrogens (tertiary/aromatic N) is 1. The Balaban J connectivity index is 1.61. The lowest BCUT2D eigenvalue weighted by atomic mass is 10.2. The van der Waals surface area contributed by atoms with Crippen molar-refractivity contribution in [1.29, 1.82) is 0 Å². The minimum Gasteiger partial charge on any atom is -0.454 e. The third-order valence-electron chi connectivity index (χ3n) is 4.10. The molecule has 4 rings (SSSR count). The molecule has 0 saturated carbocycles. The first-order valence-corrected chi connectivity index (χ1v) is 8.83. The first-order chi connectivity index (χ1) is 12.2. The maximum Gasteiger partial charge on any atom is 0.250 e. The first-order valence-electron chi connectivity index (χ1n) is 7.95. The van der Waals surface area contributed by atoms with E-state index >= 15 is 0 Å². The topological polar surface area (TPSA) is 67.9 Å². The van der Waals surface area contributed by atoms with Gasteiger partial charge in [0.15, 0.2) is 16.7 Å². The molecule has 0 radical (unpaired) electrons. The SMILES string of the molecule is CCN(C(=O)C1Sc2ccccc2NC1=O)c1ccc2c(c1)OCO2. The summed E-state index contributed by atoms with van der Waals surface area (Å²) in [7, 11) is 0. The second-order valence-corrected chi connectivity index (χ2v) is 6.75. The summed E-state index contributed by atoms with van der Waals surface area (Å²) in [6.45, 7) is 2.50. The van der Waals surface area contributed by atoms with E-state index in [1.807, 2.05) is 31.2 Å². The number of ether oxygens (including phenoxy) is 2. The predicted molar refractivity (Wildman–Crippen MR) is 95.3 cm³/mol. The van der Waals surface area contributed by atoms with Crippen molar-refractivity contribution in [3.8, 4) is 11.5 Å². The van der Waals surface area contributed by atoms with Crippen LogP contribution in [-0.2, 0) is 9.59 Å². The van der Waals surface area contributed by atoms with E-state index < -0.39 is 5.25 Å². The Labute approximate surface area is 149 Å². The third kappa shape index (κ3) is 2.80. The number of fused-ring (bicyclic) bond motifs is 2. The highest BCUT2D eigenvalue weighted by atomic mass is 32.2. The van der Waals surface area contributed by atoms with Crippen molar-refractivity contribution < 1.29 is 19.1 Å². The Morgan fingerprint density at radius 3 is 2.88 bits per heavy atom. The number of anilines is 2. The fourth-order valence-electron chi connectivity index (χ4n) is 2.87. The number of para-hydroxylation sites is 1. The van der Waals surface area contributed by atoms with E-state index in [4.69, 9.17) is 9.47 Å². The summed E-state index contributed by atoms with van der Waals surface area (Å²) < 4.78 is 10.7. The third-order valence-corrected chi connectivity index (χ3v) is 5.36. The smallest absolute Gasteiger partial charge is 0.250 e. The number of nitrogens with one attached hydrogen (secondary N) is 1. The summed E-state index contributed by atoms with van der Waals surface area (Å²) in [5, 5.41) is 1.99. The molecule has 0 aliphatic carbocycles. The molecule has 2 aromatic rings. The highest BCUT2D eigenvalue weighted by Crippen LogP contribution is 2.38. The molecule has 2 amide bonds. The number of benzene rings is 2. The van der Waals surface area contributed by atoms with Gasteiger partial charge in [-0.3, -0.25) is 9.59 Å². The lowest BCUT2D eigenvalue weighted by Gasteiger charge is -2.28. The molecule has 0 aromatic heterocycles. The van der Waals surface area contributed by atoms with Gasteiger partial charge in [0.1, 0.15) is 0 Å². The molecule has 7 heteroatoms. The Bertz CT molecular complexity index is 855.